The van der Waals surface area contributed by atoms with Crippen LogP contribution in [-0.2, 0) is 0 Å². The normalized spacial score (nSPS) is 8.62. The summed E-state index contributed by atoms with van der Waals surface area (Å²) in [5, 5.41) is 34.2. The molecule has 4 N–H and O–H groups in total. The van der Waals surface area contributed by atoms with E-state index < -0.39 is 23.9 Å². The Morgan fingerprint density at radius 1 is 0.462 bits per heavy atom. The first kappa shape index (κ1) is 26.5. The van der Waals surface area contributed by atoms with Crippen molar-refractivity contribution in [3.8, 4) is 0 Å². The van der Waals surface area contributed by atoms with Gasteiger partial charge in [-0.2, -0.15) is 0 Å². The van der Waals surface area contributed by atoms with Crippen molar-refractivity contribution in [2.75, 3.05) is 0 Å². The van der Waals surface area contributed by atoms with E-state index in [4.69, 9.17) is 20.4 Å². The third kappa shape index (κ3) is 7.69. The molecule has 0 fully saturated rings. The van der Waals surface area contributed by atoms with Gasteiger partial charge in [0.2, 0.25) is 0 Å². The fraction of sp³-hybridized carbons (Fsp3) is 0. The molecule has 0 saturated heterocycles. The molecule has 0 bridgehead atoms. The number of hydrogen-bond donors (Lipinski definition) is 4. The molecule has 8 nitrogen and oxygen atoms in total. The Kier molecular flexibility index (Phi) is 12.9. The van der Waals surface area contributed by atoms with E-state index in [1.165, 1.54) is 48.5 Å². The Morgan fingerprint density at radius 3 is 0.731 bits per heavy atom. The maximum absolute atomic E-state index is 10.5. The van der Waals surface area contributed by atoms with Crippen molar-refractivity contribution in [3.63, 3.8) is 0 Å². The zero-order valence-electron chi connectivity index (χ0n) is 12.0. The van der Waals surface area contributed by atoms with Crippen LogP contribution in [0.5, 0.6) is 0 Å². The molecule has 0 amide bonds. The summed E-state index contributed by atoms with van der Waals surface area (Å²) >= 11 is 0. The molecule has 0 atom stereocenters. The summed E-state index contributed by atoms with van der Waals surface area (Å²) in [6.07, 6.45) is 0. The van der Waals surface area contributed by atoms with Gasteiger partial charge in [0.25, 0.3) is 0 Å². The first-order valence-corrected chi connectivity index (χ1v) is 6.37. The van der Waals surface area contributed by atoms with Gasteiger partial charge in [-0.3, -0.25) is 0 Å². The van der Waals surface area contributed by atoms with Gasteiger partial charge in [0.15, 0.2) is 0 Å². The van der Waals surface area contributed by atoms with Crippen LogP contribution in [-0.4, -0.2) is 103 Å². The number of carboxylic acid groups (broad SMARTS) is 4. The SMILES string of the molecule is O=C(O)c1ccccc1C(=O)O.O=C(O)c1ccccc1C(=O)O.[NaH].[NaH]. The molecular weight excluding hydrogens is 366 g/mol. The Hall–Kier alpha value is -1.68. The van der Waals surface area contributed by atoms with Gasteiger partial charge in [-0.1, -0.05) is 24.3 Å². The molecule has 10 heteroatoms. The number of rotatable bonds is 4. The molecule has 0 aromatic heterocycles. The fourth-order valence-corrected chi connectivity index (χ4v) is 1.71. The van der Waals surface area contributed by atoms with Crippen LogP contribution >= 0.6 is 0 Å². The Bertz CT molecular complexity index is 671. The molecule has 0 radical (unpaired) electrons. The molecule has 2 rings (SSSR count). The predicted octanol–water partition coefficient (Wildman–Crippen LogP) is 0.869. The van der Waals surface area contributed by atoms with Gasteiger partial charge in [-0.15, -0.1) is 0 Å². The van der Waals surface area contributed by atoms with Crippen molar-refractivity contribution in [2.45, 2.75) is 0 Å². The standard InChI is InChI=1S/2C8H6O4.2Na.2H/c2*9-7(10)5-3-1-2-4-6(5)8(11)12;;;;/h2*1-4H,(H,9,10)(H,11,12);;;;. The van der Waals surface area contributed by atoms with Crippen molar-refractivity contribution >= 4 is 83.0 Å². The van der Waals surface area contributed by atoms with E-state index >= 15 is 0 Å². The quantitative estimate of drug-likeness (QED) is 0.571. The van der Waals surface area contributed by atoms with Gasteiger partial charge in [-0.25, -0.2) is 19.2 Å². The zero-order chi connectivity index (χ0) is 18.3. The Labute approximate surface area is 192 Å². The van der Waals surface area contributed by atoms with E-state index in [0.717, 1.165) is 0 Å². The molecule has 0 heterocycles. The number of hydrogen-bond acceptors (Lipinski definition) is 4. The molecule has 26 heavy (non-hydrogen) atoms. The molecule has 0 aliphatic heterocycles. The van der Waals surface area contributed by atoms with Gasteiger partial charge < -0.3 is 20.4 Å². The number of benzene rings is 2. The van der Waals surface area contributed by atoms with Crippen LogP contribution in [0.25, 0.3) is 0 Å². The summed E-state index contributed by atoms with van der Waals surface area (Å²) in [5.41, 5.74) is -0.759. The van der Waals surface area contributed by atoms with E-state index in [1.807, 2.05) is 0 Å². The van der Waals surface area contributed by atoms with Crippen molar-refractivity contribution in [3.05, 3.63) is 70.8 Å². The first-order chi connectivity index (χ1) is 11.3. The molecule has 0 saturated carbocycles. The molecule has 128 valence electrons. The van der Waals surface area contributed by atoms with Crippen molar-refractivity contribution in [1.29, 1.82) is 0 Å². The second-order valence-corrected chi connectivity index (χ2v) is 4.31. The van der Waals surface area contributed by atoms with E-state index in [1.54, 1.807) is 0 Å². The molecule has 2 aromatic carbocycles. The van der Waals surface area contributed by atoms with Gasteiger partial charge >= 0.3 is 83.0 Å². The monoisotopic (exact) mass is 380 g/mol. The zero-order valence-corrected chi connectivity index (χ0v) is 12.0. The average molecular weight is 380 g/mol. The van der Waals surface area contributed by atoms with Gasteiger partial charge in [-0.05, 0) is 24.3 Å². The molecule has 2 aromatic rings. The summed E-state index contributed by atoms with van der Waals surface area (Å²) in [7, 11) is 0. The van der Waals surface area contributed by atoms with Crippen molar-refractivity contribution in [1.82, 2.24) is 0 Å². The summed E-state index contributed by atoms with van der Waals surface area (Å²) < 4.78 is 0. The summed E-state index contributed by atoms with van der Waals surface area (Å²) in [6, 6.07) is 11.0. The third-order valence-electron chi connectivity index (χ3n) is 2.78. The third-order valence-corrected chi connectivity index (χ3v) is 2.78. The second kappa shape index (κ2) is 12.6. The van der Waals surface area contributed by atoms with Crippen LogP contribution in [0, 0.1) is 0 Å². The Balaban J connectivity index is 0. The van der Waals surface area contributed by atoms with Crippen molar-refractivity contribution in [2.24, 2.45) is 0 Å². The van der Waals surface area contributed by atoms with Gasteiger partial charge in [0.05, 0.1) is 22.3 Å². The van der Waals surface area contributed by atoms with Crippen LogP contribution in [0.3, 0.4) is 0 Å². The minimum atomic E-state index is -1.23. The van der Waals surface area contributed by atoms with Crippen LogP contribution < -0.4 is 0 Å². The maximum atomic E-state index is 10.5. The number of carbonyl (C=O) groups is 4. The van der Waals surface area contributed by atoms with Crippen LogP contribution in [0.1, 0.15) is 41.4 Å². The predicted molar refractivity (Wildman–Crippen MR) is 95.0 cm³/mol. The van der Waals surface area contributed by atoms with E-state index in [0.29, 0.717) is 0 Å². The number of carboxylic acids is 4. The molecule has 0 unspecified atom stereocenters. The minimum absolute atomic E-state index is 0. The van der Waals surface area contributed by atoms with Crippen molar-refractivity contribution < 1.29 is 39.6 Å². The first-order valence-electron chi connectivity index (χ1n) is 6.37. The van der Waals surface area contributed by atoms with Gasteiger partial charge in [0.1, 0.15) is 0 Å². The second-order valence-electron chi connectivity index (χ2n) is 4.31. The van der Waals surface area contributed by atoms with Crippen LogP contribution in [0.15, 0.2) is 48.5 Å². The number of aromatic carboxylic acids is 4. The topological polar surface area (TPSA) is 149 Å². The van der Waals surface area contributed by atoms with E-state index in [9.17, 15) is 19.2 Å². The average Bonchev–Trinajstić information content (AvgIpc) is 2.55. The van der Waals surface area contributed by atoms with Crippen LogP contribution in [0.4, 0.5) is 0 Å². The van der Waals surface area contributed by atoms with Gasteiger partial charge in [0, 0.05) is 0 Å². The molecule has 0 spiro atoms. The van der Waals surface area contributed by atoms with E-state index in [-0.39, 0.29) is 81.4 Å². The Morgan fingerprint density at radius 2 is 0.615 bits per heavy atom. The molecule has 0 aliphatic carbocycles. The van der Waals surface area contributed by atoms with Crippen LogP contribution in [0.2, 0.25) is 0 Å². The molecule has 0 aliphatic rings. The fourth-order valence-electron chi connectivity index (χ4n) is 1.71. The summed E-state index contributed by atoms with van der Waals surface area (Å²) in [5.74, 6) is -4.91. The van der Waals surface area contributed by atoms with E-state index in [2.05, 4.69) is 0 Å². The summed E-state index contributed by atoms with van der Waals surface area (Å²) in [4.78, 5) is 41.9. The summed E-state index contributed by atoms with van der Waals surface area (Å²) in [6.45, 7) is 0. The molecular formula is C16H14Na2O8.